The number of nitrogens with one attached hydrogen (secondary N) is 2. The molecule has 0 saturated carbocycles. The highest BCUT2D eigenvalue weighted by molar-refractivity contribution is 7.81. The number of nitrogens with zero attached hydrogens (tertiary/aromatic N) is 3. The molecule has 0 spiro atoms. The zero-order chi connectivity index (χ0) is 49.6. The van der Waals surface area contributed by atoms with Crippen LogP contribution in [0.25, 0.3) is 0 Å². The van der Waals surface area contributed by atoms with Crippen molar-refractivity contribution in [2.45, 2.75) is 110 Å². The van der Waals surface area contributed by atoms with Gasteiger partial charge in [-0.2, -0.15) is 13.2 Å². The van der Waals surface area contributed by atoms with Crippen molar-refractivity contribution in [3.8, 4) is 18.1 Å². The number of terminal acetylenes is 1. The number of amides is 4. The van der Waals surface area contributed by atoms with Gasteiger partial charge in [-0.3, -0.25) is 24.1 Å². The van der Waals surface area contributed by atoms with Gasteiger partial charge in [-0.15, -0.1) is 6.42 Å². The fraction of sp³-hybridized carbons (Fsp3) is 0.510. The smallest absolute Gasteiger partial charge is 0.417 e. The minimum absolute atomic E-state index is 0.0212. The SMILES string of the molecule is C#Cc1ccc(N2C(=O)C(C)(C)N(c3ccc(OCCOCCOCCO[C@@H]4Cc5ccccc5[C@@H]4NC(=O)[C@@H]4CCCN4C(=O)[C@@H](NC(=O)[C@H](C)CC)C(C)(C)C)cc3)C2=S)cc1C(F)(F)F. The second-order valence-corrected chi connectivity index (χ2v) is 19.2. The van der Waals surface area contributed by atoms with Gasteiger partial charge in [0, 0.05) is 30.1 Å². The molecular weight excluding hydrogens is 900 g/mol. The largest absolute Gasteiger partial charge is 0.491 e. The summed E-state index contributed by atoms with van der Waals surface area (Å²) in [6, 6.07) is 16.2. The summed E-state index contributed by atoms with van der Waals surface area (Å²) < 4.78 is 65.0. The molecule has 1 aliphatic carbocycles. The van der Waals surface area contributed by atoms with Crippen LogP contribution in [0, 0.1) is 23.7 Å². The molecule has 2 heterocycles. The first-order valence-electron chi connectivity index (χ1n) is 23.0. The fourth-order valence-corrected chi connectivity index (χ4v) is 9.22. The highest BCUT2D eigenvalue weighted by Gasteiger charge is 2.51. The number of rotatable bonds is 19. The number of halogens is 3. The molecule has 2 saturated heterocycles. The van der Waals surface area contributed by atoms with Crippen LogP contribution in [0.15, 0.2) is 66.7 Å². The van der Waals surface area contributed by atoms with Crippen molar-refractivity contribution in [2.24, 2.45) is 11.3 Å². The van der Waals surface area contributed by atoms with Crippen LogP contribution >= 0.6 is 12.2 Å². The molecule has 2 aliphatic heterocycles. The molecule has 68 heavy (non-hydrogen) atoms. The molecule has 0 unspecified atom stereocenters. The van der Waals surface area contributed by atoms with Crippen molar-refractivity contribution in [3.63, 3.8) is 0 Å². The van der Waals surface area contributed by atoms with Gasteiger partial charge in [-0.1, -0.05) is 64.8 Å². The Bertz CT molecular complexity index is 2360. The standard InChI is InChI=1S/C51H62F3N5O8S/c1-9-32(3)44(60)56-43(49(4,5)6)46(62)57-23-13-16-40(57)45(61)55-42-38-15-12-11-14-34(38)30-41(42)67-29-27-65-25-24-64-26-28-66-37-21-19-35(20-22-37)59-48(68)58(47(63)50(59,7)8)36-18-17-33(10-2)39(31-36)51(52,53)54/h2,11-12,14-15,17-22,31-32,40-43H,9,13,16,23-30H2,1,3-8H3,(H,55,61)(H,56,60)/t32-,40+,41-,42+,43-/m1/s1. The first kappa shape index (κ1) is 51.8. The maximum absolute atomic E-state index is 14.0. The third-order valence-corrected chi connectivity index (χ3v) is 13.1. The number of alkyl halides is 3. The molecule has 2 fully saturated rings. The highest BCUT2D eigenvalue weighted by Crippen LogP contribution is 2.40. The van der Waals surface area contributed by atoms with Crippen molar-refractivity contribution >= 4 is 52.3 Å². The molecule has 0 aromatic heterocycles. The van der Waals surface area contributed by atoms with E-state index in [1.165, 1.54) is 6.07 Å². The Hall–Kier alpha value is -5.54. The van der Waals surface area contributed by atoms with Crippen molar-refractivity contribution in [3.05, 3.63) is 89.0 Å². The van der Waals surface area contributed by atoms with Crippen LogP contribution in [0.5, 0.6) is 5.75 Å². The number of benzene rings is 3. The zero-order valence-corrected chi connectivity index (χ0v) is 40.6. The zero-order valence-electron chi connectivity index (χ0n) is 39.7. The van der Waals surface area contributed by atoms with Crippen LogP contribution in [0.3, 0.4) is 0 Å². The van der Waals surface area contributed by atoms with E-state index in [4.69, 9.17) is 37.6 Å². The summed E-state index contributed by atoms with van der Waals surface area (Å²) in [5.74, 6) is 1.17. The Morgan fingerprint density at radius 2 is 1.59 bits per heavy atom. The van der Waals surface area contributed by atoms with Crippen LogP contribution < -0.4 is 25.2 Å². The number of hydrogen-bond acceptors (Lipinski definition) is 9. The van der Waals surface area contributed by atoms with Gasteiger partial charge in [0.1, 0.15) is 30.0 Å². The second kappa shape index (κ2) is 21.8. The second-order valence-electron chi connectivity index (χ2n) is 18.9. The summed E-state index contributed by atoms with van der Waals surface area (Å²) in [5.41, 5.74) is -0.563. The highest BCUT2D eigenvalue weighted by atomic mass is 32.1. The molecule has 0 bridgehead atoms. The number of carbonyl (C=O) groups excluding carboxylic acids is 4. The van der Waals surface area contributed by atoms with Gasteiger partial charge in [-0.05, 0) is 104 Å². The summed E-state index contributed by atoms with van der Waals surface area (Å²) in [6.45, 7) is 15.0. The molecule has 3 aromatic carbocycles. The average molecular weight is 962 g/mol. The predicted octanol–water partition coefficient (Wildman–Crippen LogP) is 7.38. The van der Waals surface area contributed by atoms with Crippen molar-refractivity contribution in [1.29, 1.82) is 0 Å². The van der Waals surface area contributed by atoms with E-state index in [1.54, 1.807) is 47.9 Å². The Kier molecular flexibility index (Phi) is 16.6. The van der Waals surface area contributed by atoms with E-state index in [0.29, 0.717) is 63.5 Å². The van der Waals surface area contributed by atoms with Gasteiger partial charge in [0.15, 0.2) is 5.11 Å². The molecule has 6 rings (SSSR count). The first-order valence-corrected chi connectivity index (χ1v) is 23.4. The number of ether oxygens (including phenoxy) is 4. The minimum Gasteiger partial charge on any atom is -0.491 e. The van der Waals surface area contributed by atoms with Gasteiger partial charge in [-0.25, -0.2) is 0 Å². The molecule has 17 heteroatoms. The third-order valence-electron chi connectivity index (χ3n) is 12.7. The van der Waals surface area contributed by atoms with E-state index in [9.17, 15) is 32.3 Å². The molecule has 3 aromatic rings. The molecule has 13 nitrogen and oxygen atoms in total. The number of thiocarbonyl (C=S) groups is 1. The van der Waals surface area contributed by atoms with Crippen LogP contribution in [-0.4, -0.2) is 104 Å². The Labute approximate surface area is 402 Å². The van der Waals surface area contributed by atoms with Crippen LogP contribution in [0.2, 0.25) is 0 Å². The first-order chi connectivity index (χ1) is 32.2. The lowest BCUT2D eigenvalue weighted by Crippen LogP contribution is -2.58. The van der Waals surface area contributed by atoms with Crippen LogP contribution in [-0.2, 0) is 46.0 Å². The van der Waals surface area contributed by atoms with E-state index < -0.39 is 46.7 Å². The van der Waals surface area contributed by atoms with Gasteiger partial charge in [0.2, 0.25) is 17.7 Å². The Morgan fingerprint density at radius 3 is 2.24 bits per heavy atom. The summed E-state index contributed by atoms with van der Waals surface area (Å²) in [4.78, 5) is 58.8. The molecular formula is C51H62F3N5O8S. The predicted molar refractivity (Wildman–Crippen MR) is 256 cm³/mol. The lowest BCUT2D eigenvalue weighted by molar-refractivity contribution is -0.144. The van der Waals surface area contributed by atoms with Crippen LogP contribution in [0.1, 0.15) is 96.0 Å². The number of hydrogen-bond donors (Lipinski definition) is 2. The molecule has 366 valence electrons. The molecule has 0 radical (unpaired) electrons. The van der Waals surface area contributed by atoms with Crippen molar-refractivity contribution in [1.82, 2.24) is 15.5 Å². The van der Waals surface area contributed by atoms with E-state index in [0.717, 1.165) is 28.2 Å². The minimum atomic E-state index is -4.72. The topological polar surface area (TPSA) is 139 Å². The fourth-order valence-electron chi connectivity index (χ4n) is 8.70. The number of anilines is 2. The lowest BCUT2D eigenvalue weighted by atomic mass is 9.85. The number of fused-ring (bicyclic) bond motifs is 1. The van der Waals surface area contributed by atoms with E-state index in [2.05, 4.69) is 10.6 Å². The van der Waals surface area contributed by atoms with Crippen molar-refractivity contribution < 1.29 is 51.3 Å². The van der Waals surface area contributed by atoms with Gasteiger partial charge in [0.05, 0.1) is 56.4 Å². The quantitative estimate of drug-likeness (QED) is 0.0712. The van der Waals surface area contributed by atoms with E-state index in [1.807, 2.05) is 64.8 Å². The average Bonchev–Trinajstić information content (AvgIpc) is 3.97. The summed E-state index contributed by atoms with van der Waals surface area (Å²) >= 11 is 5.65. The van der Waals surface area contributed by atoms with Crippen LogP contribution in [0.4, 0.5) is 24.5 Å². The maximum Gasteiger partial charge on any atom is 0.417 e. The Morgan fingerprint density at radius 1 is 0.941 bits per heavy atom. The van der Waals surface area contributed by atoms with Gasteiger partial charge >= 0.3 is 6.18 Å². The number of likely N-dealkylation sites (tertiary alicyclic amines) is 1. The number of carbonyl (C=O) groups is 4. The monoisotopic (exact) mass is 961 g/mol. The molecule has 3 aliphatic rings. The van der Waals surface area contributed by atoms with Gasteiger partial charge in [0.25, 0.3) is 5.91 Å². The maximum atomic E-state index is 14.0. The lowest BCUT2D eigenvalue weighted by Gasteiger charge is -2.36. The third kappa shape index (κ3) is 11.6. The van der Waals surface area contributed by atoms with Crippen molar-refractivity contribution in [2.75, 3.05) is 56.0 Å². The van der Waals surface area contributed by atoms with E-state index in [-0.39, 0.29) is 65.9 Å². The Balaban J connectivity index is 0.928. The van der Waals surface area contributed by atoms with Gasteiger partial charge < -0.3 is 39.4 Å². The normalized spacial score (nSPS) is 20.0. The summed E-state index contributed by atoms with van der Waals surface area (Å²) in [6.07, 6.45) is 2.70. The molecule has 4 amide bonds. The summed E-state index contributed by atoms with van der Waals surface area (Å²) in [5, 5.41) is 6.21. The van der Waals surface area contributed by atoms with E-state index >= 15 is 0 Å². The summed E-state index contributed by atoms with van der Waals surface area (Å²) in [7, 11) is 0. The molecule has 5 atom stereocenters. The molecule has 2 N–H and O–H groups in total.